The van der Waals surface area contributed by atoms with Gasteiger partial charge in [-0.25, -0.2) is 4.39 Å². The van der Waals surface area contributed by atoms with Crippen LogP contribution < -0.4 is 4.74 Å². The van der Waals surface area contributed by atoms with Crippen LogP contribution in [0.15, 0.2) is 24.8 Å². The molecule has 4 unspecified atom stereocenters. The Morgan fingerprint density at radius 1 is 0.778 bits per heavy atom. The standard InChI is InChI=1S/C33H50F2O/c1-3-5-6-7-8-24-9-11-25(12-10-24)13-14-26-15-16-28-23-29(18-17-27(28)22-26)30-19-20-31(36-21-4-2)33(35)32(30)34/h4,19-20,24-29H,2-3,5-18,21-23H2,1H3. The summed E-state index contributed by atoms with van der Waals surface area (Å²) in [6.07, 6.45) is 24.6. The van der Waals surface area contributed by atoms with E-state index in [1.807, 2.05) is 0 Å². The third-order valence-electron chi connectivity index (χ3n) is 10.0. The van der Waals surface area contributed by atoms with Crippen LogP contribution in [0.4, 0.5) is 8.78 Å². The van der Waals surface area contributed by atoms with E-state index in [-0.39, 0.29) is 18.3 Å². The lowest BCUT2D eigenvalue weighted by Crippen LogP contribution is -2.31. The van der Waals surface area contributed by atoms with Gasteiger partial charge in [0.05, 0.1) is 0 Å². The maximum Gasteiger partial charge on any atom is 0.200 e. The van der Waals surface area contributed by atoms with E-state index >= 15 is 0 Å². The summed E-state index contributed by atoms with van der Waals surface area (Å²) in [6, 6.07) is 3.35. The van der Waals surface area contributed by atoms with E-state index in [4.69, 9.17) is 4.74 Å². The summed E-state index contributed by atoms with van der Waals surface area (Å²) in [6.45, 7) is 6.06. The number of rotatable bonds is 12. The van der Waals surface area contributed by atoms with Gasteiger partial charge in [-0.15, -0.1) is 0 Å². The van der Waals surface area contributed by atoms with Crippen LogP contribution in [0.2, 0.25) is 0 Å². The molecule has 0 heterocycles. The molecule has 0 amide bonds. The van der Waals surface area contributed by atoms with E-state index in [1.165, 1.54) is 96.3 Å². The fraction of sp³-hybridized carbons (Fsp3) is 0.758. The Morgan fingerprint density at radius 3 is 2.19 bits per heavy atom. The summed E-state index contributed by atoms with van der Waals surface area (Å²) < 4.78 is 34.7. The van der Waals surface area contributed by atoms with Crippen molar-refractivity contribution in [2.24, 2.45) is 29.6 Å². The third-order valence-corrected chi connectivity index (χ3v) is 10.0. The molecule has 0 spiro atoms. The van der Waals surface area contributed by atoms with Crippen LogP contribution in [-0.4, -0.2) is 6.61 Å². The molecule has 4 rings (SSSR count). The van der Waals surface area contributed by atoms with Gasteiger partial charge in [-0.05, 0) is 79.2 Å². The normalized spacial score (nSPS) is 30.5. The van der Waals surface area contributed by atoms with Gasteiger partial charge in [0.1, 0.15) is 6.61 Å². The number of hydrogen-bond donors (Lipinski definition) is 0. The van der Waals surface area contributed by atoms with E-state index in [0.717, 1.165) is 36.5 Å². The van der Waals surface area contributed by atoms with Gasteiger partial charge in [0.2, 0.25) is 5.82 Å². The fourth-order valence-electron chi connectivity index (χ4n) is 7.79. The van der Waals surface area contributed by atoms with Crippen LogP contribution in [0.3, 0.4) is 0 Å². The van der Waals surface area contributed by atoms with Crippen molar-refractivity contribution in [3.05, 3.63) is 42.0 Å². The molecule has 1 aromatic rings. The number of halogens is 2. The smallest absolute Gasteiger partial charge is 0.200 e. The molecule has 1 aromatic carbocycles. The predicted molar refractivity (Wildman–Crippen MR) is 146 cm³/mol. The van der Waals surface area contributed by atoms with Crippen LogP contribution in [0.1, 0.15) is 128 Å². The molecule has 0 N–H and O–H groups in total. The minimum Gasteiger partial charge on any atom is -0.486 e. The average Bonchev–Trinajstić information content (AvgIpc) is 2.91. The Bertz CT molecular complexity index is 812. The molecule has 3 aliphatic carbocycles. The minimum atomic E-state index is -0.842. The summed E-state index contributed by atoms with van der Waals surface area (Å²) in [7, 11) is 0. The van der Waals surface area contributed by atoms with Gasteiger partial charge in [0.15, 0.2) is 11.6 Å². The van der Waals surface area contributed by atoms with Crippen molar-refractivity contribution in [1.29, 1.82) is 0 Å². The van der Waals surface area contributed by atoms with E-state index < -0.39 is 11.6 Å². The molecular formula is C33H50F2O. The van der Waals surface area contributed by atoms with Crippen LogP contribution in [-0.2, 0) is 0 Å². The van der Waals surface area contributed by atoms with Gasteiger partial charge >= 0.3 is 0 Å². The zero-order chi connectivity index (χ0) is 25.3. The lowest BCUT2D eigenvalue weighted by atomic mass is 9.63. The number of unbranched alkanes of at least 4 members (excludes halogenated alkanes) is 3. The lowest BCUT2D eigenvalue weighted by molar-refractivity contribution is 0.107. The quantitative estimate of drug-likeness (QED) is 0.205. The first-order valence-electron chi connectivity index (χ1n) is 15.3. The predicted octanol–water partition coefficient (Wildman–Crippen LogP) is 10.4. The highest BCUT2D eigenvalue weighted by atomic mass is 19.2. The van der Waals surface area contributed by atoms with Gasteiger partial charge in [0, 0.05) is 0 Å². The first-order valence-corrected chi connectivity index (χ1v) is 15.3. The lowest BCUT2D eigenvalue weighted by Gasteiger charge is -2.43. The molecule has 3 heteroatoms. The maximum absolute atomic E-state index is 14.9. The van der Waals surface area contributed by atoms with Crippen molar-refractivity contribution in [3.63, 3.8) is 0 Å². The van der Waals surface area contributed by atoms with Gasteiger partial charge in [-0.3, -0.25) is 0 Å². The highest BCUT2D eigenvalue weighted by Crippen LogP contribution is 2.49. The molecule has 0 saturated heterocycles. The molecule has 4 atom stereocenters. The van der Waals surface area contributed by atoms with E-state index in [1.54, 1.807) is 18.2 Å². The largest absolute Gasteiger partial charge is 0.486 e. The Morgan fingerprint density at radius 2 is 1.44 bits per heavy atom. The number of ether oxygens (including phenoxy) is 1. The molecule has 0 bridgehead atoms. The van der Waals surface area contributed by atoms with Gasteiger partial charge in [0.25, 0.3) is 0 Å². The first kappa shape index (κ1) is 27.6. The van der Waals surface area contributed by atoms with Crippen molar-refractivity contribution in [2.75, 3.05) is 6.61 Å². The van der Waals surface area contributed by atoms with E-state index in [0.29, 0.717) is 11.5 Å². The van der Waals surface area contributed by atoms with E-state index in [2.05, 4.69) is 13.5 Å². The van der Waals surface area contributed by atoms with Gasteiger partial charge in [-0.2, -0.15) is 4.39 Å². The SMILES string of the molecule is C=CCOc1ccc(C2CCC3CC(CCC4CCC(CCCCCC)CC4)CCC3C2)c(F)c1F. The molecule has 202 valence electrons. The summed E-state index contributed by atoms with van der Waals surface area (Å²) in [5, 5.41) is 0. The van der Waals surface area contributed by atoms with Gasteiger partial charge in [-0.1, -0.05) is 103 Å². The molecule has 0 radical (unpaired) electrons. The minimum absolute atomic E-state index is 0.00851. The molecule has 3 saturated carbocycles. The summed E-state index contributed by atoms with van der Waals surface area (Å²) in [4.78, 5) is 0. The van der Waals surface area contributed by atoms with Crippen LogP contribution >= 0.6 is 0 Å². The highest BCUT2D eigenvalue weighted by Gasteiger charge is 2.37. The van der Waals surface area contributed by atoms with Crippen LogP contribution in [0, 0.1) is 41.2 Å². The zero-order valence-electron chi connectivity index (χ0n) is 22.8. The molecular weight excluding hydrogens is 450 g/mol. The van der Waals surface area contributed by atoms with Crippen molar-refractivity contribution < 1.29 is 13.5 Å². The monoisotopic (exact) mass is 500 g/mol. The second kappa shape index (κ2) is 14.0. The maximum atomic E-state index is 14.9. The Labute approximate surface area is 219 Å². The van der Waals surface area contributed by atoms with Crippen LogP contribution in [0.5, 0.6) is 5.75 Å². The Hall–Kier alpha value is -1.38. The van der Waals surface area contributed by atoms with E-state index in [9.17, 15) is 8.78 Å². The van der Waals surface area contributed by atoms with Crippen molar-refractivity contribution in [2.45, 2.75) is 122 Å². The second-order valence-electron chi connectivity index (χ2n) is 12.4. The Balaban J connectivity index is 1.18. The number of benzene rings is 1. The van der Waals surface area contributed by atoms with Crippen molar-refractivity contribution in [1.82, 2.24) is 0 Å². The molecule has 1 nitrogen and oxygen atoms in total. The van der Waals surface area contributed by atoms with Crippen molar-refractivity contribution >= 4 is 0 Å². The summed E-state index contributed by atoms with van der Waals surface area (Å²) >= 11 is 0. The highest BCUT2D eigenvalue weighted by molar-refractivity contribution is 5.33. The number of hydrogen-bond acceptors (Lipinski definition) is 1. The van der Waals surface area contributed by atoms with Crippen molar-refractivity contribution in [3.8, 4) is 5.75 Å². The van der Waals surface area contributed by atoms with Crippen LogP contribution in [0.25, 0.3) is 0 Å². The molecule has 36 heavy (non-hydrogen) atoms. The topological polar surface area (TPSA) is 9.23 Å². The summed E-state index contributed by atoms with van der Waals surface area (Å²) in [5.41, 5.74) is 0.556. The Kier molecular flexibility index (Phi) is 10.7. The van der Waals surface area contributed by atoms with Gasteiger partial charge < -0.3 is 4.74 Å². The second-order valence-corrected chi connectivity index (χ2v) is 12.4. The fourth-order valence-corrected chi connectivity index (χ4v) is 7.79. The zero-order valence-corrected chi connectivity index (χ0v) is 22.8. The first-order chi connectivity index (χ1) is 17.6. The number of fused-ring (bicyclic) bond motifs is 1. The average molecular weight is 501 g/mol. The third kappa shape index (κ3) is 7.35. The molecule has 0 aliphatic heterocycles. The molecule has 3 fully saturated rings. The summed E-state index contributed by atoms with van der Waals surface area (Å²) in [5.74, 6) is 2.94. The molecule has 0 aromatic heterocycles. The molecule has 3 aliphatic rings.